The molecule has 1 N–H and O–H groups in total. The normalized spacial score (nSPS) is 14.2. The minimum Gasteiger partial charge on any atom is -0.351 e. The van der Waals surface area contributed by atoms with Crippen molar-refractivity contribution in [1.82, 2.24) is 15.2 Å². The summed E-state index contributed by atoms with van der Waals surface area (Å²) in [6, 6.07) is 10.2. The summed E-state index contributed by atoms with van der Waals surface area (Å²) in [5.41, 5.74) is 1.99. The summed E-state index contributed by atoms with van der Waals surface area (Å²) in [5, 5.41) is 15.3. The van der Waals surface area contributed by atoms with Gasteiger partial charge in [0, 0.05) is 50.4 Å². The van der Waals surface area contributed by atoms with Crippen molar-refractivity contribution in [3.05, 3.63) is 62.7 Å². The van der Waals surface area contributed by atoms with E-state index in [-0.39, 0.29) is 28.7 Å². The number of para-hydroxylation sites is 1. The molecule has 0 saturated carbocycles. The van der Waals surface area contributed by atoms with Crippen molar-refractivity contribution in [2.45, 2.75) is 6.92 Å². The molecule has 0 bridgehead atoms. The van der Waals surface area contributed by atoms with Crippen LogP contribution in [-0.2, 0) is 0 Å². The summed E-state index contributed by atoms with van der Waals surface area (Å²) in [6.07, 6.45) is 0. The second-order valence-corrected chi connectivity index (χ2v) is 8.87. The molecule has 1 fully saturated rings. The Balaban J connectivity index is 0.00000289. The molecule has 11 heteroatoms. The fourth-order valence-electron chi connectivity index (χ4n) is 3.64. The molecule has 1 saturated heterocycles. The molecule has 32 heavy (non-hydrogen) atoms. The maximum Gasteiger partial charge on any atom is 0.282 e. The Morgan fingerprint density at radius 1 is 1.25 bits per heavy atom. The highest BCUT2D eigenvalue weighted by Crippen LogP contribution is 2.31. The van der Waals surface area contributed by atoms with Gasteiger partial charge < -0.3 is 10.2 Å². The highest BCUT2D eigenvalue weighted by molar-refractivity contribution is 7.22. The van der Waals surface area contributed by atoms with E-state index in [0.717, 1.165) is 36.8 Å². The molecule has 0 aliphatic carbocycles. The Hall–Kier alpha value is -2.46. The molecule has 170 valence electrons. The van der Waals surface area contributed by atoms with Crippen molar-refractivity contribution >= 4 is 62.3 Å². The van der Waals surface area contributed by atoms with Gasteiger partial charge in [0.05, 0.1) is 15.1 Å². The van der Waals surface area contributed by atoms with Gasteiger partial charge in [0.15, 0.2) is 5.13 Å². The number of hydrogen-bond donors (Lipinski definition) is 1. The number of fused-ring (bicyclic) bond motifs is 1. The van der Waals surface area contributed by atoms with Gasteiger partial charge in [-0.2, -0.15) is 0 Å². The van der Waals surface area contributed by atoms with E-state index in [4.69, 9.17) is 16.6 Å². The predicted molar refractivity (Wildman–Crippen MR) is 131 cm³/mol. The molecule has 1 aliphatic heterocycles. The quantitative estimate of drug-likeness (QED) is 0.408. The van der Waals surface area contributed by atoms with Gasteiger partial charge >= 0.3 is 0 Å². The van der Waals surface area contributed by atoms with Gasteiger partial charge in [0.2, 0.25) is 0 Å². The lowest BCUT2D eigenvalue weighted by molar-refractivity contribution is -0.385. The molecule has 0 spiro atoms. The van der Waals surface area contributed by atoms with Crippen molar-refractivity contribution in [3.8, 4) is 0 Å². The summed E-state index contributed by atoms with van der Waals surface area (Å²) in [6.45, 7) is 6.62. The highest BCUT2D eigenvalue weighted by atomic mass is 35.5. The van der Waals surface area contributed by atoms with E-state index >= 15 is 0 Å². The van der Waals surface area contributed by atoms with E-state index in [1.165, 1.54) is 28.5 Å². The Morgan fingerprint density at radius 3 is 2.69 bits per heavy atom. The molecule has 4 rings (SSSR count). The van der Waals surface area contributed by atoms with E-state index < -0.39 is 10.8 Å². The molecular weight excluding hydrogens is 473 g/mol. The molecule has 0 radical (unpaired) electrons. The predicted octanol–water partition coefficient (Wildman–Crippen LogP) is 4.14. The van der Waals surface area contributed by atoms with Crippen LogP contribution >= 0.6 is 35.3 Å². The Kier molecular flexibility index (Phi) is 7.89. The maximum absolute atomic E-state index is 12.4. The third kappa shape index (κ3) is 5.29. The SMILES string of the molecule is Cc1cccc2sc(N3CCN(CCNC(=O)c4cc(Cl)ccc4[N+](=O)[O-])CC3)nc12.Cl. The molecule has 1 aliphatic rings. The second-order valence-electron chi connectivity index (χ2n) is 7.42. The lowest BCUT2D eigenvalue weighted by atomic mass is 10.1. The van der Waals surface area contributed by atoms with Gasteiger partial charge in [-0.15, -0.1) is 12.4 Å². The number of nitrogens with one attached hydrogen (secondary N) is 1. The van der Waals surface area contributed by atoms with Crippen LogP contribution in [-0.4, -0.2) is 60.0 Å². The largest absolute Gasteiger partial charge is 0.351 e. The zero-order valence-electron chi connectivity index (χ0n) is 17.4. The van der Waals surface area contributed by atoms with Crippen LogP contribution in [0.4, 0.5) is 10.8 Å². The summed E-state index contributed by atoms with van der Waals surface area (Å²) in [5.74, 6) is -0.488. The van der Waals surface area contributed by atoms with Gasteiger partial charge in [-0.25, -0.2) is 4.98 Å². The van der Waals surface area contributed by atoms with Crippen LogP contribution in [0.2, 0.25) is 5.02 Å². The van der Waals surface area contributed by atoms with Crippen molar-refractivity contribution < 1.29 is 9.72 Å². The average Bonchev–Trinajstić information content (AvgIpc) is 3.19. The van der Waals surface area contributed by atoms with E-state index in [9.17, 15) is 14.9 Å². The number of halogens is 2. The fourth-order valence-corrected chi connectivity index (χ4v) is 4.91. The van der Waals surface area contributed by atoms with Gasteiger partial charge in [0.25, 0.3) is 11.6 Å². The standard InChI is InChI=1S/C21H22ClN5O3S.ClH/c1-14-3-2-4-18-19(14)24-21(31-18)26-11-9-25(10-12-26)8-7-23-20(28)16-13-15(22)5-6-17(16)27(29)30;/h2-6,13H,7-12H2,1H3,(H,23,28);1H. The number of thiazole rings is 1. The molecule has 1 aromatic heterocycles. The smallest absolute Gasteiger partial charge is 0.282 e. The number of carbonyl (C=O) groups is 1. The average molecular weight is 496 g/mol. The third-order valence-corrected chi connectivity index (χ3v) is 6.68. The number of piperazine rings is 1. The number of nitro benzene ring substituents is 1. The third-order valence-electron chi connectivity index (χ3n) is 5.37. The highest BCUT2D eigenvalue weighted by Gasteiger charge is 2.22. The number of hydrogen-bond acceptors (Lipinski definition) is 7. The van der Waals surface area contributed by atoms with Crippen LogP contribution < -0.4 is 10.2 Å². The van der Waals surface area contributed by atoms with E-state index in [1.807, 2.05) is 0 Å². The maximum atomic E-state index is 12.4. The second kappa shape index (κ2) is 10.4. The molecule has 0 unspecified atom stereocenters. The Bertz CT molecular complexity index is 1130. The summed E-state index contributed by atoms with van der Waals surface area (Å²) in [4.78, 5) is 32.4. The Morgan fingerprint density at radius 2 is 2.00 bits per heavy atom. The van der Waals surface area contributed by atoms with Crippen LogP contribution in [0, 0.1) is 17.0 Å². The molecule has 0 atom stereocenters. The zero-order valence-corrected chi connectivity index (χ0v) is 19.8. The molecular formula is C21H23Cl2N5O3S. The van der Waals surface area contributed by atoms with E-state index in [2.05, 4.69) is 40.2 Å². The first-order chi connectivity index (χ1) is 14.9. The minimum absolute atomic E-state index is 0. The van der Waals surface area contributed by atoms with Gasteiger partial charge in [-0.1, -0.05) is 35.1 Å². The molecule has 1 amide bonds. The van der Waals surface area contributed by atoms with Crippen LogP contribution in [0.25, 0.3) is 10.2 Å². The number of benzene rings is 2. The first-order valence-corrected chi connectivity index (χ1v) is 11.2. The van der Waals surface area contributed by atoms with Gasteiger partial charge in [0.1, 0.15) is 5.56 Å². The number of anilines is 1. The number of aryl methyl sites for hydroxylation is 1. The van der Waals surface area contributed by atoms with E-state index in [1.54, 1.807) is 11.3 Å². The molecule has 3 aromatic rings. The van der Waals surface area contributed by atoms with Crippen LogP contribution in [0.1, 0.15) is 15.9 Å². The van der Waals surface area contributed by atoms with Crippen LogP contribution in [0.3, 0.4) is 0 Å². The fraction of sp³-hybridized carbons (Fsp3) is 0.333. The van der Waals surface area contributed by atoms with E-state index in [0.29, 0.717) is 13.1 Å². The first-order valence-electron chi connectivity index (χ1n) is 9.98. The summed E-state index contributed by atoms with van der Waals surface area (Å²) in [7, 11) is 0. The van der Waals surface area contributed by atoms with Gasteiger partial charge in [-0.3, -0.25) is 19.8 Å². The molecule has 8 nitrogen and oxygen atoms in total. The van der Waals surface area contributed by atoms with Crippen molar-refractivity contribution in [2.24, 2.45) is 0 Å². The van der Waals surface area contributed by atoms with Crippen molar-refractivity contribution in [1.29, 1.82) is 0 Å². The van der Waals surface area contributed by atoms with Crippen LogP contribution in [0.5, 0.6) is 0 Å². The number of carbonyl (C=O) groups excluding carboxylic acids is 1. The summed E-state index contributed by atoms with van der Waals surface area (Å²) >= 11 is 7.62. The monoisotopic (exact) mass is 495 g/mol. The first kappa shape index (κ1) is 24.2. The van der Waals surface area contributed by atoms with Crippen molar-refractivity contribution in [3.63, 3.8) is 0 Å². The minimum atomic E-state index is -0.575. The topological polar surface area (TPSA) is 91.6 Å². The molecule has 2 heterocycles. The number of nitro groups is 1. The van der Waals surface area contributed by atoms with Gasteiger partial charge in [-0.05, 0) is 30.7 Å². The van der Waals surface area contributed by atoms with Crippen molar-refractivity contribution in [2.75, 3.05) is 44.2 Å². The zero-order chi connectivity index (χ0) is 22.0. The lowest BCUT2D eigenvalue weighted by Gasteiger charge is -2.34. The number of amides is 1. The molecule has 2 aromatic carbocycles. The Labute approximate surface area is 200 Å². The number of rotatable bonds is 6. The number of aromatic nitrogens is 1. The number of nitrogens with zero attached hydrogens (tertiary/aromatic N) is 4. The van der Waals surface area contributed by atoms with Crippen LogP contribution in [0.15, 0.2) is 36.4 Å². The lowest BCUT2D eigenvalue weighted by Crippen LogP contribution is -2.48. The summed E-state index contributed by atoms with van der Waals surface area (Å²) < 4.78 is 1.20.